The first kappa shape index (κ1) is 11.8. The van der Waals surface area contributed by atoms with Crippen LogP contribution in [-0.2, 0) is 11.0 Å². The van der Waals surface area contributed by atoms with Gasteiger partial charge in [-0.2, -0.15) is 13.2 Å². The molecule has 0 aliphatic rings. The molecule has 0 unspecified atom stereocenters. The molecule has 1 rings (SSSR count). The van der Waals surface area contributed by atoms with Crippen LogP contribution >= 0.6 is 11.6 Å². The Balaban J connectivity index is 2.98. The molecule has 0 saturated carbocycles. The first-order valence-corrected chi connectivity index (χ1v) is 4.32. The van der Waals surface area contributed by atoms with Crippen molar-refractivity contribution in [1.29, 1.82) is 0 Å². The molecule has 1 aromatic carbocycles. The minimum Gasteiger partial charge on any atom is -0.276 e. The molecular formula is C10H6ClF3O. The fraction of sp³-hybridized carbons (Fsp3) is 0.100. The number of rotatable bonds is 2. The van der Waals surface area contributed by atoms with Crippen LogP contribution in [0.1, 0.15) is 11.1 Å². The second kappa shape index (κ2) is 4.49. The summed E-state index contributed by atoms with van der Waals surface area (Å²) in [4.78, 5) is 10.4. The Morgan fingerprint density at radius 1 is 1.33 bits per heavy atom. The van der Waals surface area contributed by atoms with Crippen molar-refractivity contribution in [3.05, 3.63) is 41.5 Å². The van der Waals surface area contributed by atoms with Gasteiger partial charge in [-0.05, 0) is 35.4 Å². The third kappa shape index (κ3) is 3.75. The summed E-state index contributed by atoms with van der Waals surface area (Å²) < 4.78 is 36.7. The van der Waals surface area contributed by atoms with Gasteiger partial charge < -0.3 is 0 Å². The second-order valence-electron chi connectivity index (χ2n) is 2.76. The summed E-state index contributed by atoms with van der Waals surface area (Å²) >= 11 is 5.01. The van der Waals surface area contributed by atoms with Crippen molar-refractivity contribution < 1.29 is 18.0 Å². The van der Waals surface area contributed by atoms with Crippen LogP contribution in [0.5, 0.6) is 0 Å². The minimum absolute atomic E-state index is 0.277. The summed E-state index contributed by atoms with van der Waals surface area (Å²) in [5, 5.41) is -0.729. The van der Waals surface area contributed by atoms with E-state index in [9.17, 15) is 18.0 Å². The lowest BCUT2D eigenvalue weighted by Crippen LogP contribution is -2.04. The summed E-state index contributed by atoms with van der Waals surface area (Å²) in [6.07, 6.45) is -2.16. The maximum atomic E-state index is 12.2. The van der Waals surface area contributed by atoms with Crippen LogP contribution in [0.25, 0.3) is 6.08 Å². The van der Waals surface area contributed by atoms with E-state index >= 15 is 0 Å². The first-order valence-electron chi connectivity index (χ1n) is 3.94. The lowest BCUT2D eigenvalue weighted by Gasteiger charge is -2.06. The highest BCUT2D eigenvalue weighted by molar-refractivity contribution is 6.66. The number of hydrogen-bond acceptors (Lipinski definition) is 1. The smallest absolute Gasteiger partial charge is 0.276 e. The molecule has 0 aliphatic carbocycles. The average Bonchev–Trinajstić information content (AvgIpc) is 2.14. The molecule has 1 aromatic rings. The number of benzene rings is 1. The third-order valence-corrected chi connectivity index (χ3v) is 1.75. The van der Waals surface area contributed by atoms with E-state index in [0.29, 0.717) is 0 Å². The van der Waals surface area contributed by atoms with Crippen molar-refractivity contribution in [2.45, 2.75) is 6.18 Å². The monoisotopic (exact) mass is 234 g/mol. The van der Waals surface area contributed by atoms with Crippen LogP contribution in [0.4, 0.5) is 13.2 Å². The molecule has 0 radical (unpaired) electrons. The van der Waals surface area contributed by atoms with Gasteiger partial charge in [-0.1, -0.05) is 18.2 Å². The van der Waals surface area contributed by atoms with Crippen molar-refractivity contribution >= 4 is 22.9 Å². The predicted molar refractivity (Wildman–Crippen MR) is 51.3 cm³/mol. The maximum Gasteiger partial charge on any atom is 0.416 e. The van der Waals surface area contributed by atoms with Gasteiger partial charge in [-0.25, -0.2) is 0 Å². The standard InChI is InChI=1S/C10H6ClF3O/c11-9(15)5-4-7-2-1-3-8(6-7)10(12,13)14/h1-6H/b5-4+. The third-order valence-electron chi connectivity index (χ3n) is 1.62. The molecule has 0 heterocycles. The van der Waals surface area contributed by atoms with Crippen molar-refractivity contribution in [2.24, 2.45) is 0 Å². The van der Waals surface area contributed by atoms with Crippen molar-refractivity contribution in [3.8, 4) is 0 Å². The predicted octanol–water partition coefficient (Wildman–Crippen LogP) is 3.48. The van der Waals surface area contributed by atoms with E-state index in [1.165, 1.54) is 18.2 Å². The molecule has 0 bridgehead atoms. The Bertz CT molecular complexity index is 396. The largest absolute Gasteiger partial charge is 0.416 e. The van der Waals surface area contributed by atoms with Gasteiger partial charge in [0.1, 0.15) is 0 Å². The SMILES string of the molecule is O=C(Cl)/C=C/c1cccc(C(F)(F)F)c1. The van der Waals surface area contributed by atoms with Crippen molar-refractivity contribution in [3.63, 3.8) is 0 Å². The quantitative estimate of drug-likeness (QED) is 0.566. The molecule has 0 aliphatic heterocycles. The zero-order valence-electron chi connectivity index (χ0n) is 7.38. The summed E-state index contributed by atoms with van der Waals surface area (Å²) in [6.45, 7) is 0. The van der Waals surface area contributed by atoms with Crippen molar-refractivity contribution in [1.82, 2.24) is 0 Å². The number of alkyl halides is 3. The molecule has 0 amide bonds. The minimum atomic E-state index is -4.38. The van der Waals surface area contributed by atoms with Gasteiger partial charge in [0.25, 0.3) is 0 Å². The van der Waals surface area contributed by atoms with E-state index in [1.807, 2.05) is 0 Å². The fourth-order valence-electron chi connectivity index (χ4n) is 0.980. The van der Waals surface area contributed by atoms with Gasteiger partial charge >= 0.3 is 6.18 Å². The van der Waals surface area contributed by atoms with Gasteiger partial charge in [0, 0.05) is 0 Å². The fourth-order valence-corrected chi connectivity index (χ4v) is 1.04. The van der Waals surface area contributed by atoms with Crippen LogP contribution in [0.3, 0.4) is 0 Å². The van der Waals surface area contributed by atoms with E-state index in [4.69, 9.17) is 11.6 Å². The topological polar surface area (TPSA) is 17.1 Å². The van der Waals surface area contributed by atoms with E-state index in [1.54, 1.807) is 0 Å². The van der Waals surface area contributed by atoms with Crippen LogP contribution in [0.15, 0.2) is 30.3 Å². The number of carbonyl (C=O) groups is 1. The zero-order valence-corrected chi connectivity index (χ0v) is 8.14. The highest BCUT2D eigenvalue weighted by Gasteiger charge is 2.30. The Morgan fingerprint density at radius 3 is 2.53 bits per heavy atom. The Morgan fingerprint density at radius 2 is 2.00 bits per heavy atom. The molecule has 80 valence electrons. The molecule has 0 fully saturated rings. The number of carbonyl (C=O) groups excluding carboxylic acids is 1. The average molecular weight is 235 g/mol. The van der Waals surface area contributed by atoms with Crippen LogP contribution in [-0.4, -0.2) is 5.24 Å². The molecule has 0 saturated heterocycles. The lowest BCUT2D eigenvalue weighted by molar-refractivity contribution is -0.137. The Kier molecular flexibility index (Phi) is 3.52. The molecular weight excluding hydrogens is 229 g/mol. The lowest BCUT2D eigenvalue weighted by atomic mass is 10.1. The van der Waals surface area contributed by atoms with Gasteiger partial charge in [0.15, 0.2) is 0 Å². The zero-order chi connectivity index (χ0) is 11.5. The molecule has 0 N–H and O–H groups in total. The molecule has 15 heavy (non-hydrogen) atoms. The number of allylic oxidation sites excluding steroid dienone is 1. The highest BCUT2D eigenvalue weighted by Crippen LogP contribution is 2.29. The molecule has 0 spiro atoms. The van der Waals surface area contributed by atoms with Crippen LogP contribution in [0.2, 0.25) is 0 Å². The molecule has 1 nitrogen and oxygen atoms in total. The summed E-state index contributed by atoms with van der Waals surface area (Å²) in [5.41, 5.74) is -0.481. The van der Waals surface area contributed by atoms with E-state index in [2.05, 4.69) is 0 Å². The number of hydrogen-bond donors (Lipinski definition) is 0. The Labute approximate surface area is 89.2 Å². The van der Waals surface area contributed by atoms with Gasteiger partial charge in [-0.3, -0.25) is 4.79 Å². The normalized spacial score (nSPS) is 12.0. The maximum absolute atomic E-state index is 12.2. The van der Waals surface area contributed by atoms with Gasteiger partial charge in [-0.15, -0.1) is 0 Å². The summed E-state index contributed by atoms with van der Waals surface area (Å²) in [7, 11) is 0. The first-order chi connectivity index (χ1) is 6.89. The van der Waals surface area contributed by atoms with Crippen LogP contribution in [0, 0.1) is 0 Å². The van der Waals surface area contributed by atoms with Crippen LogP contribution < -0.4 is 0 Å². The second-order valence-corrected chi connectivity index (χ2v) is 3.13. The van der Waals surface area contributed by atoms with Gasteiger partial charge in [0.2, 0.25) is 5.24 Å². The highest BCUT2D eigenvalue weighted by atomic mass is 35.5. The van der Waals surface area contributed by atoms with Gasteiger partial charge in [0.05, 0.1) is 5.56 Å². The Hall–Kier alpha value is -1.29. The summed E-state index contributed by atoms with van der Waals surface area (Å²) in [6, 6.07) is 4.61. The molecule has 5 heteroatoms. The molecule has 0 atom stereocenters. The summed E-state index contributed by atoms with van der Waals surface area (Å²) in [5.74, 6) is 0. The number of halogens is 4. The van der Waals surface area contributed by atoms with E-state index in [-0.39, 0.29) is 5.56 Å². The molecule has 0 aromatic heterocycles. The van der Waals surface area contributed by atoms with E-state index < -0.39 is 17.0 Å². The van der Waals surface area contributed by atoms with E-state index in [0.717, 1.165) is 18.2 Å². The van der Waals surface area contributed by atoms with Crippen molar-refractivity contribution in [2.75, 3.05) is 0 Å².